The van der Waals surface area contributed by atoms with E-state index in [1.54, 1.807) is 43.2 Å². The third-order valence-electron chi connectivity index (χ3n) is 5.83. The number of carbonyl (C=O) groups is 1. The zero-order valence-electron chi connectivity index (χ0n) is 17.2. The van der Waals surface area contributed by atoms with Crippen molar-refractivity contribution < 1.29 is 18.3 Å². The Morgan fingerprint density at radius 2 is 2.10 bits per heavy atom. The Hall–Kier alpha value is -3.42. The SMILES string of the molecule is C[C@H]1Oc2c(cccc2N2CCCc3cc(-c4cnn(C)c4)c(C(F)F)cc32)NC1=O. The number of nitrogens with one attached hydrogen (secondary N) is 1. The lowest BCUT2D eigenvalue weighted by Crippen LogP contribution is -2.35. The van der Waals surface area contributed by atoms with Crippen molar-refractivity contribution in [3.05, 3.63) is 53.9 Å². The van der Waals surface area contributed by atoms with Gasteiger partial charge in [0.2, 0.25) is 0 Å². The molecule has 0 spiro atoms. The number of rotatable bonds is 3. The van der Waals surface area contributed by atoms with E-state index in [2.05, 4.69) is 10.4 Å². The van der Waals surface area contributed by atoms with Crippen LogP contribution in [0.25, 0.3) is 11.1 Å². The summed E-state index contributed by atoms with van der Waals surface area (Å²) in [5, 5.41) is 7.00. The van der Waals surface area contributed by atoms with Crippen LogP contribution in [0.3, 0.4) is 0 Å². The summed E-state index contributed by atoms with van der Waals surface area (Å²) in [6.45, 7) is 2.36. The van der Waals surface area contributed by atoms with Gasteiger partial charge in [0.1, 0.15) is 0 Å². The topological polar surface area (TPSA) is 59.4 Å². The van der Waals surface area contributed by atoms with E-state index in [4.69, 9.17) is 4.74 Å². The van der Waals surface area contributed by atoms with Crippen LogP contribution in [0.1, 0.15) is 30.9 Å². The normalized spacial score (nSPS) is 17.8. The first-order valence-electron chi connectivity index (χ1n) is 10.2. The Bertz CT molecular complexity index is 1170. The molecule has 31 heavy (non-hydrogen) atoms. The van der Waals surface area contributed by atoms with Gasteiger partial charge in [0, 0.05) is 36.6 Å². The Balaban J connectivity index is 1.64. The highest BCUT2D eigenvalue weighted by atomic mass is 19.3. The van der Waals surface area contributed by atoms with E-state index >= 15 is 0 Å². The minimum atomic E-state index is -2.62. The third kappa shape index (κ3) is 3.32. The van der Waals surface area contributed by atoms with Crippen molar-refractivity contribution in [3.8, 4) is 16.9 Å². The molecule has 0 bridgehead atoms. The molecule has 0 saturated heterocycles. The standard InChI is InChI=1S/C23H22F2N4O2/c1-13-23(30)27-18-6-3-7-19(21(18)31-13)29-8-4-5-14-9-16(15-11-26-28(2)12-15)17(22(24)25)10-20(14)29/h3,6-7,9-13,22H,4-5,8H2,1-2H3,(H,27,30)/t13-/m1/s1. The van der Waals surface area contributed by atoms with Crippen molar-refractivity contribution in [1.29, 1.82) is 0 Å². The Morgan fingerprint density at radius 1 is 1.26 bits per heavy atom. The van der Waals surface area contributed by atoms with Crippen molar-refractivity contribution in [1.82, 2.24) is 9.78 Å². The molecule has 2 aliphatic rings. The minimum absolute atomic E-state index is 0.0222. The van der Waals surface area contributed by atoms with Gasteiger partial charge in [-0.2, -0.15) is 5.10 Å². The number of nitrogens with zero attached hydrogens (tertiary/aromatic N) is 3. The monoisotopic (exact) mass is 424 g/mol. The van der Waals surface area contributed by atoms with Crippen molar-refractivity contribution in [3.63, 3.8) is 0 Å². The van der Waals surface area contributed by atoms with E-state index in [0.29, 0.717) is 29.1 Å². The van der Waals surface area contributed by atoms with Crippen LogP contribution in [0.15, 0.2) is 42.7 Å². The second-order valence-corrected chi connectivity index (χ2v) is 7.93. The molecule has 3 heterocycles. The van der Waals surface area contributed by atoms with E-state index in [1.165, 1.54) is 0 Å². The first-order chi connectivity index (χ1) is 14.9. The largest absolute Gasteiger partial charge is 0.476 e. The van der Waals surface area contributed by atoms with Crippen molar-refractivity contribution >= 4 is 23.0 Å². The van der Waals surface area contributed by atoms with E-state index in [9.17, 15) is 13.6 Å². The smallest absolute Gasteiger partial charge is 0.265 e. The van der Waals surface area contributed by atoms with Crippen LogP contribution in [0.2, 0.25) is 0 Å². The lowest BCUT2D eigenvalue weighted by Gasteiger charge is -2.35. The fourth-order valence-corrected chi connectivity index (χ4v) is 4.31. The van der Waals surface area contributed by atoms with Crippen LogP contribution in [0, 0.1) is 0 Å². The summed E-state index contributed by atoms with van der Waals surface area (Å²) in [6.07, 6.45) is 1.79. The number of hydrogen-bond donors (Lipinski definition) is 1. The molecule has 5 rings (SSSR count). The number of anilines is 3. The van der Waals surface area contributed by atoms with Crippen LogP contribution < -0.4 is 15.0 Å². The molecule has 160 valence electrons. The highest BCUT2D eigenvalue weighted by molar-refractivity contribution is 5.99. The number of carbonyl (C=O) groups excluding carboxylic acids is 1. The molecular weight excluding hydrogens is 402 g/mol. The number of alkyl halides is 2. The van der Waals surface area contributed by atoms with Crippen molar-refractivity contribution in [2.24, 2.45) is 7.05 Å². The fourth-order valence-electron chi connectivity index (χ4n) is 4.31. The minimum Gasteiger partial charge on any atom is -0.476 e. The van der Waals surface area contributed by atoms with Crippen LogP contribution in [0.4, 0.5) is 25.8 Å². The highest BCUT2D eigenvalue weighted by Gasteiger charge is 2.30. The van der Waals surface area contributed by atoms with Crippen molar-refractivity contribution in [2.75, 3.05) is 16.8 Å². The molecule has 0 fully saturated rings. The van der Waals surface area contributed by atoms with E-state index in [1.807, 2.05) is 23.1 Å². The molecule has 0 unspecified atom stereocenters. The summed E-state index contributed by atoms with van der Waals surface area (Å²) >= 11 is 0. The van der Waals surface area contributed by atoms with Gasteiger partial charge in [0.25, 0.3) is 12.3 Å². The summed E-state index contributed by atoms with van der Waals surface area (Å²) in [7, 11) is 1.77. The molecule has 2 aromatic carbocycles. The molecule has 0 radical (unpaired) electrons. The maximum absolute atomic E-state index is 14.1. The third-order valence-corrected chi connectivity index (χ3v) is 5.83. The average Bonchev–Trinajstić information content (AvgIpc) is 3.19. The highest BCUT2D eigenvalue weighted by Crippen LogP contribution is 2.46. The van der Waals surface area contributed by atoms with Gasteiger partial charge in [0.15, 0.2) is 11.9 Å². The second kappa shape index (κ2) is 7.37. The summed E-state index contributed by atoms with van der Waals surface area (Å²) in [6, 6.07) is 8.96. The van der Waals surface area contributed by atoms with Crippen LogP contribution >= 0.6 is 0 Å². The Kier molecular flexibility index (Phi) is 4.64. The molecule has 3 aromatic rings. The van der Waals surface area contributed by atoms with Gasteiger partial charge in [-0.15, -0.1) is 0 Å². The predicted molar refractivity (Wildman–Crippen MR) is 114 cm³/mol. The van der Waals surface area contributed by atoms with Crippen molar-refractivity contribution in [2.45, 2.75) is 32.3 Å². The summed E-state index contributed by atoms with van der Waals surface area (Å²) in [4.78, 5) is 14.0. The first kappa shape index (κ1) is 19.5. The number of para-hydroxylation sites is 1. The molecule has 6 nitrogen and oxygen atoms in total. The number of fused-ring (bicyclic) bond motifs is 2. The van der Waals surface area contributed by atoms with Gasteiger partial charge in [-0.1, -0.05) is 6.07 Å². The molecule has 2 aliphatic heterocycles. The second-order valence-electron chi connectivity index (χ2n) is 7.93. The maximum atomic E-state index is 14.1. The van der Waals surface area contributed by atoms with Crippen LogP contribution in [-0.2, 0) is 18.3 Å². The van der Waals surface area contributed by atoms with E-state index in [0.717, 1.165) is 29.8 Å². The number of ether oxygens (including phenoxy) is 1. The molecule has 1 amide bonds. The van der Waals surface area contributed by atoms with Gasteiger partial charge < -0.3 is 15.0 Å². The van der Waals surface area contributed by atoms with Gasteiger partial charge in [-0.25, -0.2) is 8.78 Å². The molecular formula is C23H22F2N4O2. The summed E-state index contributed by atoms with van der Waals surface area (Å²) in [5.74, 6) is 0.363. The Morgan fingerprint density at radius 3 is 2.84 bits per heavy atom. The Labute approximate surface area is 178 Å². The maximum Gasteiger partial charge on any atom is 0.265 e. The lowest BCUT2D eigenvalue weighted by molar-refractivity contribution is -0.122. The van der Waals surface area contributed by atoms with Gasteiger partial charge in [0.05, 0.1) is 17.6 Å². The van der Waals surface area contributed by atoms with Gasteiger partial charge in [-0.3, -0.25) is 9.48 Å². The molecule has 1 aromatic heterocycles. The van der Waals surface area contributed by atoms with Crippen LogP contribution in [-0.4, -0.2) is 28.3 Å². The number of aryl methyl sites for hydroxylation is 2. The average molecular weight is 424 g/mol. The molecule has 8 heteroatoms. The van der Waals surface area contributed by atoms with Crippen LogP contribution in [0.5, 0.6) is 5.75 Å². The first-order valence-corrected chi connectivity index (χ1v) is 10.2. The quantitative estimate of drug-likeness (QED) is 0.654. The number of amides is 1. The van der Waals surface area contributed by atoms with E-state index < -0.39 is 12.5 Å². The number of aromatic nitrogens is 2. The summed E-state index contributed by atoms with van der Waals surface area (Å²) < 4.78 is 35.7. The molecule has 0 aliphatic carbocycles. The predicted octanol–water partition coefficient (Wildman–Crippen LogP) is 4.83. The van der Waals surface area contributed by atoms with E-state index in [-0.39, 0.29) is 11.5 Å². The van der Waals surface area contributed by atoms with Gasteiger partial charge in [-0.05, 0) is 55.2 Å². The number of hydrogen-bond acceptors (Lipinski definition) is 4. The molecule has 0 saturated carbocycles. The summed E-state index contributed by atoms with van der Waals surface area (Å²) in [5.41, 5.74) is 4.26. The number of benzene rings is 2. The fraction of sp³-hybridized carbons (Fsp3) is 0.304. The molecule has 1 N–H and O–H groups in total. The van der Waals surface area contributed by atoms with Gasteiger partial charge >= 0.3 is 0 Å². The zero-order valence-corrected chi connectivity index (χ0v) is 17.2. The number of halogens is 2. The molecule has 1 atom stereocenters. The zero-order chi connectivity index (χ0) is 21.7. The lowest BCUT2D eigenvalue weighted by atomic mass is 9.92.